The molecule has 14 heavy (non-hydrogen) atoms. The van der Waals surface area contributed by atoms with Gasteiger partial charge in [0.05, 0.1) is 0 Å². The molecule has 0 atom stereocenters. The van der Waals surface area contributed by atoms with Gasteiger partial charge in [-0.3, -0.25) is 0 Å². The summed E-state index contributed by atoms with van der Waals surface area (Å²) in [6.45, 7) is 0. The van der Waals surface area contributed by atoms with Crippen molar-refractivity contribution < 1.29 is 22.4 Å². The maximum atomic E-state index is 2.00. The first-order chi connectivity index (χ1) is 5.00. The zero-order valence-corrected chi connectivity index (χ0v) is 12.4. The van der Waals surface area contributed by atoms with Crippen molar-refractivity contribution in [1.82, 2.24) is 0 Å². The Balaban J connectivity index is -0.0000000556. The predicted molar refractivity (Wildman–Crippen MR) is 62.2 cm³/mol. The van der Waals surface area contributed by atoms with Crippen LogP contribution in [-0.4, -0.2) is 0 Å². The molecule has 2 aliphatic carbocycles. The number of rotatable bonds is 0. The first-order valence-electron chi connectivity index (χ1n) is 3.33. The summed E-state index contributed by atoms with van der Waals surface area (Å²) in [4.78, 5) is 0. The summed E-state index contributed by atoms with van der Waals surface area (Å²) < 4.78 is 0. The Kier molecular flexibility index (Phi) is 33.3. The maximum absolute atomic E-state index is 2.00. The minimum atomic E-state index is 0. The Morgan fingerprint density at radius 2 is 0.357 bits per heavy atom. The molecular formula is C13H19Ta-3. The van der Waals surface area contributed by atoms with Gasteiger partial charge in [-0.05, 0) is 64.2 Å². The molecular weight excluding hydrogens is 337 g/mol. The predicted octanol–water partition coefficient (Wildman–Crippen LogP) is 3.39. The summed E-state index contributed by atoms with van der Waals surface area (Å²) in [5.41, 5.74) is 0. The van der Waals surface area contributed by atoms with E-state index in [-0.39, 0.29) is 44.7 Å². The fourth-order valence-corrected chi connectivity index (χ4v) is 0.642. The van der Waals surface area contributed by atoms with E-state index in [0.29, 0.717) is 0 Å². The van der Waals surface area contributed by atoms with Gasteiger partial charge in [0.1, 0.15) is 0 Å². The fourth-order valence-electron chi connectivity index (χ4n) is 0.642. The molecule has 79 valence electrons. The maximum Gasteiger partial charge on any atom is 0 e. The van der Waals surface area contributed by atoms with E-state index in [0.717, 1.165) is 0 Å². The SMILES string of the molecule is [CH3-].[CH3-].[CH3-].[CH]1[CH][CH][CH][CH]1.[CH]1[CH][CH][CH][CH]1.[Ta]. The van der Waals surface area contributed by atoms with Crippen molar-refractivity contribution in [3.63, 3.8) is 0 Å². The van der Waals surface area contributed by atoms with Gasteiger partial charge in [-0.25, -0.2) is 0 Å². The zero-order chi connectivity index (χ0) is 7.07. The van der Waals surface area contributed by atoms with Gasteiger partial charge in [-0.1, -0.05) is 0 Å². The summed E-state index contributed by atoms with van der Waals surface area (Å²) in [5.74, 6) is 0. The first-order valence-corrected chi connectivity index (χ1v) is 3.33. The number of hydrogen-bond acceptors (Lipinski definition) is 0. The number of hydrogen-bond donors (Lipinski definition) is 0. The molecule has 0 amide bonds. The summed E-state index contributed by atoms with van der Waals surface area (Å²) in [7, 11) is 0. The Labute approximate surface area is 109 Å². The second-order valence-electron chi connectivity index (χ2n) is 1.92. The Morgan fingerprint density at radius 3 is 0.429 bits per heavy atom. The molecule has 2 saturated carbocycles. The summed E-state index contributed by atoms with van der Waals surface area (Å²) in [6.07, 6.45) is 20.0. The van der Waals surface area contributed by atoms with Crippen molar-refractivity contribution in [2.75, 3.05) is 0 Å². The normalized spacial score (nSPS) is 17.1. The van der Waals surface area contributed by atoms with Crippen LogP contribution in [0.5, 0.6) is 0 Å². The van der Waals surface area contributed by atoms with Gasteiger partial charge in [0.2, 0.25) is 0 Å². The van der Waals surface area contributed by atoms with E-state index >= 15 is 0 Å². The molecule has 0 unspecified atom stereocenters. The third-order valence-electron chi connectivity index (χ3n) is 1.11. The molecule has 0 bridgehead atoms. The molecule has 0 aromatic heterocycles. The second-order valence-corrected chi connectivity index (χ2v) is 1.92. The molecule has 0 aromatic carbocycles. The van der Waals surface area contributed by atoms with Gasteiger partial charge in [0.25, 0.3) is 0 Å². The first kappa shape index (κ1) is 24.1. The van der Waals surface area contributed by atoms with Crippen LogP contribution in [0.2, 0.25) is 0 Å². The van der Waals surface area contributed by atoms with E-state index < -0.39 is 0 Å². The molecule has 11 radical (unpaired) electrons. The average Bonchev–Trinajstić information content (AvgIpc) is 2.67. The van der Waals surface area contributed by atoms with Crippen LogP contribution < -0.4 is 0 Å². The fraction of sp³-hybridized carbons (Fsp3) is 0. The molecule has 1 heteroatoms. The molecule has 2 fully saturated rings. The monoisotopic (exact) mass is 356 g/mol. The molecule has 0 nitrogen and oxygen atoms in total. The molecule has 0 spiro atoms. The summed E-state index contributed by atoms with van der Waals surface area (Å²) in [6, 6.07) is 0. The molecule has 2 aliphatic rings. The van der Waals surface area contributed by atoms with Gasteiger partial charge in [-0.2, -0.15) is 0 Å². The smallest absolute Gasteiger partial charge is 0 e. The van der Waals surface area contributed by atoms with Crippen LogP contribution in [0.15, 0.2) is 0 Å². The standard InChI is InChI=1S/2C5H5.3CH3.Ta/c2*1-2-4-5-3-1;;;;/h2*1-5H;3*1H3;/q;;3*-1;. The minimum absolute atomic E-state index is 0. The van der Waals surface area contributed by atoms with Gasteiger partial charge in [-0.15, -0.1) is 0 Å². The quantitative estimate of drug-likeness (QED) is 0.584. The Hall–Kier alpha value is 0.740. The van der Waals surface area contributed by atoms with Crippen LogP contribution in [0.3, 0.4) is 0 Å². The van der Waals surface area contributed by atoms with E-state index in [1.165, 1.54) is 0 Å². The van der Waals surface area contributed by atoms with Crippen LogP contribution in [0.25, 0.3) is 0 Å². The van der Waals surface area contributed by atoms with Gasteiger partial charge in [0, 0.05) is 22.4 Å². The molecule has 0 heterocycles. The summed E-state index contributed by atoms with van der Waals surface area (Å²) in [5, 5.41) is 0. The van der Waals surface area contributed by atoms with E-state index in [2.05, 4.69) is 0 Å². The Morgan fingerprint density at radius 1 is 0.286 bits per heavy atom. The van der Waals surface area contributed by atoms with Crippen LogP contribution in [-0.2, 0) is 22.4 Å². The topological polar surface area (TPSA) is 0 Å². The van der Waals surface area contributed by atoms with Crippen molar-refractivity contribution in [2.45, 2.75) is 0 Å². The Bertz CT molecular complexity index is 38.4. The zero-order valence-electron chi connectivity index (χ0n) is 9.22. The average molecular weight is 356 g/mol. The van der Waals surface area contributed by atoms with Crippen molar-refractivity contribution in [1.29, 1.82) is 0 Å². The third-order valence-corrected chi connectivity index (χ3v) is 1.11. The van der Waals surface area contributed by atoms with E-state index in [4.69, 9.17) is 0 Å². The van der Waals surface area contributed by atoms with Gasteiger partial charge in [0.15, 0.2) is 0 Å². The molecule has 0 aromatic rings. The van der Waals surface area contributed by atoms with Crippen molar-refractivity contribution in [3.05, 3.63) is 86.5 Å². The molecule has 0 N–H and O–H groups in total. The largest absolute Gasteiger partial charge is 0.358 e. The van der Waals surface area contributed by atoms with Crippen LogP contribution in [0.1, 0.15) is 0 Å². The van der Waals surface area contributed by atoms with Gasteiger partial charge < -0.3 is 22.3 Å². The van der Waals surface area contributed by atoms with Gasteiger partial charge >= 0.3 is 0 Å². The van der Waals surface area contributed by atoms with Crippen molar-refractivity contribution in [2.24, 2.45) is 0 Å². The second kappa shape index (κ2) is 19.3. The van der Waals surface area contributed by atoms with Crippen molar-refractivity contribution in [3.8, 4) is 0 Å². The van der Waals surface area contributed by atoms with Crippen LogP contribution >= 0.6 is 0 Å². The molecule has 2 rings (SSSR count). The minimum Gasteiger partial charge on any atom is -0.358 e. The van der Waals surface area contributed by atoms with Crippen molar-refractivity contribution >= 4 is 0 Å². The van der Waals surface area contributed by atoms with E-state index in [1.807, 2.05) is 64.2 Å². The molecule has 0 saturated heterocycles. The van der Waals surface area contributed by atoms with Crippen LogP contribution in [0, 0.1) is 86.5 Å². The third kappa shape index (κ3) is 15.2. The van der Waals surface area contributed by atoms with E-state index in [9.17, 15) is 0 Å². The molecule has 0 aliphatic heterocycles. The van der Waals surface area contributed by atoms with E-state index in [1.54, 1.807) is 0 Å². The van der Waals surface area contributed by atoms with Crippen LogP contribution in [0.4, 0.5) is 0 Å². The summed E-state index contributed by atoms with van der Waals surface area (Å²) >= 11 is 0.